The number of urea groups is 1. The fourth-order valence-electron chi connectivity index (χ4n) is 3.52. The number of carbonyl (C=O) groups excluding carboxylic acids is 1. The number of likely N-dealkylation sites (tertiary alicyclic amines) is 1. The van der Waals surface area contributed by atoms with E-state index in [-0.39, 0.29) is 18.6 Å². The number of amides is 2. The Morgan fingerprint density at radius 3 is 2.48 bits per heavy atom. The molecule has 2 aromatic rings. The van der Waals surface area contributed by atoms with Crippen molar-refractivity contribution in [3.8, 4) is 11.5 Å². The quantitative estimate of drug-likeness (QED) is 0.776. The second-order valence-corrected chi connectivity index (χ2v) is 6.81. The maximum Gasteiger partial charge on any atom is 0.416 e. The van der Waals surface area contributed by atoms with Crippen LogP contribution in [-0.4, -0.2) is 31.7 Å². The molecule has 1 saturated heterocycles. The molecule has 8 heteroatoms. The average Bonchev–Trinajstić information content (AvgIpc) is 3.21. The first-order valence-corrected chi connectivity index (χ1v) is 9.26. The number of nitrogens with one attached hydrogen (secondary N) is 1. The van der Waals surface area contributed by atoms with Gasteiger partial charge in [-0.2, -0.15) is 13.2 Å². The van der Waals surface area contributed by atoms with Crippen molar-refractivity contribution in [3.05, 3.63) is 59.2 Å². The Morgan fingerprint density at radius 1 is 1.14 bits per heavy atom. The lowest BCUT2D eigenvalue weighted by molar-refractivity contribution is -0.137. The van der Waals surface area contributed by atoms with Crippen molar-refractivity contribution >= 4 is 6.03 Å². The van der Waals surface area contributed by atoms with Crippen LogP contribution in [0.25, 0.3) is 0 Å². The van der Waals surface area contributed by atoms with Crippen molar-refractivity contribution in [2.24, 2.45) is 0 Å². The van der Waals surface area contributed by atoms with Gasteiger partial charge in [-0.1, -0.05) is 12.1 Å². The van der Waals surface area contributed by atoms with Crippen LogP contribution in [-0.2, 0) is 12.7 Å². The summed E-state index contributed by atoms with van der Waals surface area (Å²) in [6, 6.07) is 9.82. The van der Waals surface area contributed by atoms with Crippen LogP contribution >= 0.6 is 0 Å². The summed E-state index contributed by atoms with van der Waals surface area (Å²) in [5.41, 5.74) is 0.757. The van der Waals surface area contributed by atoms with Crippen LogP contribution in [0, 0.1) is 0 Å². The van der Waals surface area contributed by atoms with Crippen LogP contribution in [0.15, 0.2) is 42.5 Å². The van der Waals surface area contributed by atoms with E-state index in [0.29, 0.717) is 23.6 Å². The lowest BCUT2D eigenvalue weighted by atomic mass is 10.0. The minimum Gasteiger partial charge on any atom is -0.497 e. The molecule has 1 unspecified atom stereocenters. The first-order valence-electron chi connectivity index (χ1n) is 9.26. The van der Waals surface area contributed by atoms with Crippen molar-refractivity contribution in [3.63, 3.8) is 0 Å². The van der Waals surface area contributed by atoms with E-state index in [1.165, 1.54) is 12.1 Å². The van der Waals surface area contributed by atoms with E-state index in [1.54, 1.807) is 25.2 Å². The summed E-state index contributed by atoms with van der Waals surface area (Å²) in [5, 5.41) is 2.80. The molecule has 0 bridgehead atoms. The van der Waals surface area contributed by atoms with E-state index >= 15 is 0 Å². The van der Waals surface area contributed by atoms with E-state index in [9.17, 15) is 18.0 Å². The van der Waals surface area contributed by atoms with Gasteiger partial charge in [-0.3, -0.25) is 0 Å². The molecule has 0 aliphatic carbocycles. The number of hydrogen-bond acceptors (Lipinski definition) is 3. The maximum absolute atomic E-state index is 12.7. The Hall–Kier alpha value is -2.90. The number of benzene rings is 2. The van der Waals surface area contributed by atoms with Gasteiger partial charge in [-0.05, 0) is 48.7 Å². The Bertz CT molecular complexity index is 853. The normalized spacial score (nSPS) is 16.6. The van der Waals surface area contributed by atoms with Gasteiger partial charge in [0.2, 0.25) is 0 Å². The minimum absolute atomic E-state index is 0.148. The van der Waals surface area contributed by atoms with Crippen LogP contribution in [0.1, 0.15) is 35.6 Å². The number of nitrogens with zero attached hydrogens (tertiary/aromatic N) is 1. The highest BCUT2D eigenvalue weighted by Crippen LogP contribution is 2.39. The largest absolute Gasteiger partial charge is 0.497 e. The summed E-state index contributed by atoms with van der Waals surface area (Å²) in [6.07, 6.45) is -2.74. The summed E-state index contributed by atoms with van der Waals surface area (Å²) >= 11 is 0. The third-order valence-electron chi connectivity index (χ3n) is 5.03. The number of ether oxygens (including phenoxy) is 2. The first kappa shape index (κ1) is 20.8. The van der Waals surface area contributed by atoms with Gasteiger partial charge in [0.1, 0.15) is 11.5 Å². The molecule has 2 aromatic carbocycles. The summed E-state index contributed by atoms with van der Waals surface area (Å²) in [5.74, 6) is 1.36. The van der Waals surface area contributed by atoms with E-state index in [0.717, 1.165) is 30.5 Å². The molecular weight excluding hydrogens is 385 g/mol. The van der Waals surface area contributed by atoms with Gasteiger partial charge in [0.25, 0.3) is 0 Å². The molecule has 1 fully saturated rings. The summed E-state index contributed by atoms with van der Waals surface area (Å²) < 4.78 is 48.7. The van der Waals surface area contributed by atoms with Gasteiger partial charge in [0, 0.05) is 18.7 Å². The fraction of sp³-hybridized carbons (Fsp3) is 0.381. The monoisotopic (exact) mass is 408 g/mol. The average molecular weight is 408 g/mol. The van der Waals surface area contributed by atoms with Gasteiger partial charge in [0.05, 0.1) is 25.8 Å². The van der Waals surface area contributed by atoms with Gasteiger partial charge in [-0.25, -0.2) is 4.79 Å². The zero-order valence-corrected chi connectivity index (χ0v) is 16.3. The highest BCUT2D eigenvalue weighted by atomic mass is 19.4. The van der Waals surface area contributed by atoms with Crippen LogP contribution in [0.4, 0.5) is 18.0 Å². The van der Waals surface area contributed by atoms with Crippen molar-refractivity contribution < 1.29 is 27.4 Å². The first-order chi connectivity index (χ1) is 13.8. The molecule has 0 aromatic heterocycles. The molecule has 29 heavy (non-hydrogen) atoms. The Labute approximate surface area is 167 Å². The Morgan fingerprint density at radius 2 is 1.86 bits per heavy atom. The summed E-state index contributed by atoms with van der Waals surface area (Å²) in [7, 11) is 3.16. The zero-order chi connectivity index (χ0) is 21.0. The molecule has 3 rings (SSSR count). The summed E-state index contributed by atoms with van der Waals surface area (Å²) in [4.78, 5) is 14.5. The van der Waals surface area contributed by atoms with E-state index in [1.807, 2.05) is 12.1 Å². The Kier molecular flexibility index (Phi) is 6.20. The number of rotatable bonds is 5. The molecule has 156 valence electrons. The third kappa shape index (κ3) is 4.75. The maximum atomic E-state index is 12.7. The predicted molar refractivity (Wildman–Crippen MR) is 102 cm³/mol. The van der Waals surface area contributed by atoms with E-state index < -0.39 is 11.7 Å². The van der Waals surface area contributed by atoms with Crippen molar-refractivity contribution in [2.45, 2.75) is 31.6 Å². The van der Waals surface area contributed by atoms with E-state index in [2.05, 4.69) is 5.32 Å². The number of alkyl halides is 3. The van der Waals surface area contributed by atoms with Gasteiger partial charge in [-0.15, -0.1) is 0 Å². The molecule has 1 aliphatic rings. The smallest absolute Gasteiger partial charge is 0.416 e. The minimum atomic E-state index is -4.37. The van der Waals surface area contributed by atoms with E-state index in [4.69, 9.17) is 9.47 Å². The van der Waals surface area contributed by atoms with Crippen LogP contribution in [0.3, 0.4) is 0 Å². The fourth-order valence-corrected chi connectivity index (χ4v) is 3.52. The van der Waals surface area contributed by atoms with Crippen molar-refractivity contribution in [2.75, 3.05) is 20.8 Å². The molecule has 1 N–H and O–H groups in total. The second kappa shape index (κ2) is 8.63. The lowest BCUT2D eigenvalue weighted by Gasteiger charge is -2.27. The SMILES string of the molecule is COc1ccc(OC)c(C2CCCN2C(=O)NCc2ccc(C(F)(F)F)cc2)c1. The molecule has 0 spiro atoms. The number of halogens is 3. The summed E-state index contributed by atoms with van der Waals surface area (Å²) in [6.45, 7) is 0.735. The molecule has 2 amide bonds. The molecule has 0 saturated carbocycles. The molecular formula is C21H23F3N2O3. The third-order valence-corrected chi connectivity index (χ3v) is 5.03. The Balaban J connectivity index is 1.69. The standard InChI is InChI=1S/C21H23F3N2O3/c1-28-16-9-10-19(29-2)17(12-16)18-4-3-11-26(18)20(27)25-13-14-5-7-15(8-6-14)21(22,23)24/h5-10,12,18H,3-4,11,13H2,1-2H3,(H,25,27). The van der Waals surface area contributed by atoms with Crippen molar-refractivity contribution in [1.29, 1.82) is 0 Å². The second-order valence-electron chi connectivity index (χ2n) is 6.81. The highest BCUT2D eigenvalue weighted by Gasteiger charge is 2.32. The predicted octanol–water partition coefficient (Wildman–Crippen LogP) is 4.77. The van der Waals surface area contributed by atoms with Gasteiger partial charge < -0.3 is 19.7 Å². The van der Waals surface area contributed by atoms with Crippen LogP contribution < -0.4 is 14.8 Å². The highest BCUT2D eigenvalue weighted by molar-refractivity contribution is 5.75. The number of carbonyl (C=O) groups is 1. The zero-order valence-electron chi connectivity index (χ0n) is 16.3. The van der Waals surface area contributed by atoms with Crippen molar-refractivity contribution in [1.82, 2.24) is 10.2 Å². The van der Waals surface area contributed by atoms with Gasteiger partial charge >= 0.3 is 12.2 Å². The molecule has 1 heterocycles. The molecule has 1 aliphatic heterocycles. The topological polar surface area (TPSA) is 50.8 Å². The molecule has 1 atom stereocenters. The number of hydrogen-bond donors (Lipinski definition) is 1. The number of methoxy groups -OCH3 is 2. The molecule has 0 radical (unpaired) electrons. The van der Waals surface area contributed by atoms with Gasteiger partial charge in [0.15, 0.2) is 0 Å². The van der Waals surface area contributed by atoms with Crippen LogP contribution in [0.2, 0.25) is 0 Å². The molecule has 5 nitrogen and oxygen atoms in total. The lowest BCUT2D eigenvalue weighted by Crippen LogP contribution is -2.39. The van der Waals surface area contributed by atoms with Crippen LogP contribution in [0.5, 0.6) is 11.5 Å².